The van der Waals surface area contributed by atoms with Gasteiger partial charge in [0.1, 0.15) is 6.04 Å². The van der Waals surface area contributed by atoms with Gasteiger partial charge in [0.25, 0.3) is 0 Å². The Morgan fingerprint density at radius 1 is 1.19 bits per heavy atom. The third kappa shape index (κ3) is 11.4. The standard InChI is InChI=1S/C21H32N2O3S/c1-16(2)7-5-8-17(3)9-6-10-18(4)11-13-26-15-19(20(24)25)23-21-22-12-14-27-21/h7,9,11-12,14,19H,5-6,8,10,13,15H2,1-4H3,(H,22,23)(H,24,25)/b17-9+,18-11+. The fourth-order valence-corrected chi connectivity index (χ4v) is 2.93. The number of carboxylic acid groups (broad SMARTS) is 1. The van der Waals surface area contributed by atoms with E-state index in [1.165, 1.54) is 28.1 Å². The predicted molar refractivity (Wildman–Crippen MR) is 113 cm³/mol. The average Bonchev–Trinajstić information content (AvgIpc) is 3.10. The van der Waals surface area contributed by atoms with Gasteiger partial charge >= 0.3 is 5.97 Å². The van der Waals surface area contributed by atoms with Crippen molar-refractivity contribution in [2.24, 2.45) is 0 Å². The molecule has 0 saturated carbocycles. The fourth-order valence-electron chi connectivity index (χ4n) is 2.34. The number of carboxylic acids is 1. The SMILES string of the molecule is CC(C)=CCC/C(C)=C/CC/C(C)=C/COCC(Nc1nccs1)C(=O)O. The number of anilines is 1. The van der Waals surface area contributed by atoms with E-state index in [0.29, 0.717) is 11.7 Å². The third-order valence-electron chi connectivity index (χ3n) is 3.99. The molecule has 0 aromatic carbocycles. The quantitative estimate of drug-likeness (QED) is 0.345. The summed E-state index contributed by atoms with van der Waals surface area (Å²) in [6.45, 7) is 9.04. The molecule has 1 aromatic heterocycles. The van der Waals surface area contributed by atoms with Crippen molar-refractivity contribution >= 4 is 22.4 Å². The van der Waals surface area contributed by atoms with Gasteiger partial charge in [-0.25, -0.2) is 9.78 Å². The smallest absolute Gasteiger partial charge is 0.328 e. The molecule has 0 aliphatic heterocycles. The number of allylic oxidation sites excluding steroid dienone is 5. The van der Waals surface area contributed by atoms with Crippen LogP contribution in [-0.2, 0) is 9.53 Å². The molecule has 0 bridgehead atoms. The number of carbonyl (C=O) groups is 1. The van der Waals surface area contributed by atoms with Crippen LogP contribution in [0.15, 0.2) is 46.5 Å². The van der Waals surface area contributed by atoms with E-state index in [1.54, 1.807) is 11.6 Å². The van der Waals surface area contributed by atoms with Crippen LogP contribution in [0.5, 0.6) is 0 Å². The number of aromatic nitrogens is 1. The van der Waals surface area contributed by atoms with Gasteiger partial charge in [-0.2, -0.15) is 0 Å². The number of rotatable bonds is 13. The molecule has 0 fully saturated rings. The summed E-state index contributed by atoms with van der Waals surface area (Å²) in [6.07, 6.45) is 12.5. The van der Waals surface area contributed by atoms with Crippen molar-refractivity contribution < 1.29 is 14.6 Å². The highest BCUT2D eigenvalue weighted by Gasteiger charge is 2.18. The Bertz CT molecular complexity index is 644. The van der Waals surface area contributed by atoms with E-state index < -0.39 is 12.0 Å². The molecule has 6 heteroatoms. The van der Waals surface area contributed by atoms with Gasteiger partial charge in [-0.05, 0) is 53.4 Å². The zero-order valence-electron chi connectivity index (χ0n) is 16.8. The zero-order valence-corrected chi connectivity index (χ0v) is 17.6. The van der Waals surface area contributed by atoms with Crippen LogP contribution in [0.2, 0.25) is 0 Å². The molecule has 0 aliphatic rings. The summed E-state index contributed by atoms with van der Waals surface area (Å²) in [4.78, 5) is 15.3. The minimum absolute atomic E-state index is 0.0993. The van der Waals surface area contributed by atoms with E-state index in [4.69, 9.17) is 4.74 Å². The number of ether oxygens (including phenoxy) is 1. The highest BCUT2D eigenvalue weighted by Crippen LogP contribution is 2.13. The Morgan fingerprint density at radius 2 is 1.85 bits per heavy atom. The van der Waals surface area contributed by atoms with Gasteiger partial charge in [-0.15, -0.1) is 11.3 Å². The Kier molecular flexibility index (Phi) is 11.4. The first-order valence-electron chi connectivity index (χ1n) is 9.29. The number of nitrogens with zero attached hydrogens (tertiary/aromatic N) is 1. The number of nitrogens with one attached hydrogen (secondary N) is 1. The Hall–Kier alpha value is -1.92. The Labute approximate surface area is 166 Å². The molecule has 5 nitrogen and oxygen atoms in total. The predicted octanol–water partition coefficient (Wildman–Crippen LogP) is 5.44. The Balaban J connectivity index is 2.26. The molecular weight excluding hydrogens is 360 g/mol. The van der Waals surface area contributed by atoms with Gasteiger partial charge in [-0.1, -0.05) is 34.9 Å². The lowest BCUT2D eigenvalue weighted by Gasteiger charge is -2.13. The van der Waals surface area contributed by atoms with Gasteiger partial charge in [0.15, 0.2) is 5.13 Å². The molecule has 1 rings (SSSR count). The largest absolute Gasteiger partial charge is 0.480 e. The monoisotopic (exact) mass is 392 g/mol. The summed E-state index contributed by atoms with van der Waals surface area (Å²) in [5, 5.41) is 14.5. The van der Waals surface area contributed by atoms with Crippen LogP contribution in [0.3, 0.4) is 0 Å². The second-order valence-corrected chi connectivity index (χ2v) is 7.76. The van der Waals surface area contributed by atoms with Crippen LogP contribution in [0, 0.1) is 0 Å². The van der Waals surface area contributed by atoms with Crippen LogP contribution >= 0.6 is 11.3 Å². The molecule has 0 spiro atoms. The number of hydrogen-bond donors (Lipinski definition) is 2. The van der Waals surface area contributed by atoms with Crippen molar-refractivity contribution in [3.63, 3.8) is 0 Å². The van der Waals surface area contributed by atoms with Crippen molar-refractivity contribution in [1.82, 2.24) is 4.98 Å². The maximum Gasteiger partial charge on any atom is 0.328 e. The maximum absolute atomic E-state index is 11.3. The summed E-state index contributed by atoms with van der Waals surface area (Å²) in [5.74, 6) is -0.945. The molecule has 27 heavy (non-hydrogen) atoms. The van der Waals surface area contributed by atoms with Gasteiger partial charge in [0, 0.05) is 11.6 Å². The van der Waals surface area contributed by atoms with Crippen molar-refractivity contribution in [1.29, 1.82) is 0 Å². The highest BCUT2D eigenvalue weighted by molar-refractivity contribution is 7.13. The fraction of sp³-hybridized carbons (Fsp3) is 0.524. The lowest BCUT2D eigenvalue weighted by Crippen LogP contribution is -2.34. The van der Waals surface area contributed by atoms with Crippen molar-refractivity contribution in [3.05, 3.63) is 46.5 Å². The van der Waals surface area contributed by atoms with Gasteiger partial charge < -0.3 is 15.2 Å². The first-order chi connectivity index (χ1) is 12.9. The Morgan fingerprint density at radius 3 is 2.44 bits per heavy atom. The molecule has 0 amide bonds. The van der Waals surface area contributed by atoms with Crippen molar-refractivity contribution in [2.75, 3.05) is 18.5 Å². The maximum atomic E-state index is 11.3. The van der Waals surface area contributed by atoms with Crippen LogP contribution < -0.4 is 5.32 Å². The molecule has 150 valence electrons. The van der Waals surface area contributed by atoms with Crippen LogP contribution in [0.4, 0.5) is 5.13 Å². The van der Waals surface area contributed by atoms with Crippen LogP contribution in [0.1, 0.15) is 53.4 Å². The van der Waals surface area contributed by atoms with Crippen molar-refractivity contribution in [3.8, 4) is 0 Å². The minimum Gasteiger partial charge on any atom is -0.480 e. The normalized spacial score (nSPS) is 13.3. The zero-order chi connectivity index (χ0) is 20.1. The van der Waals surface area contributed by atoms with Crippen LogP contribution in [-0.4, -0.2) is 35.3 Å². The van der Waals surface area contributed by atoms with E-state index in [0.717, 1.165) is 25.7 Å². The lowest BCUT2D eigenvalue weighted by molar-refractivity contribution is -0.139. The van der Waals surface area contributed by atoms with E-state index in [-0.39, 0.29) is 6.61 Å². The van der Waals surface area contributed by atoms with Crippen molar-refractivity contribution in [2.45, 2.75) is 59.4 Å². The molecule has 1 atom stereocenters. The van der Waals surface area contributed by atoms with Crippen LogP contribution in [0.25, 0.3) is 0 Å². The molecule has 1 aromatic rings. The van der Waals surface area contributed by atoms with Gasteiger partial charge in [-0.3, -0.25) is 0 Å². The molecule has 0 saturated heterocycles. The summed E-state index contributed by atoms with van der Waals surface area (Å²) in [6, 6.07) is -0.795. The van der Waals surface area contributed by atoms with E-state index >= 15 is 0 Å². The first-order valence-corrected chi connectivity index (χ1v) is 10.2. The summed E-state index contributed by atoms with van der Waals surface area (Å²) in [5.41, 5.74) is 4.05. The van der Waals surface area contributed by atoms with Gasteiger partial charge in [0.2, 0.25) is 0 Å². The molecule has 0 aliphatic carbocycles. The van der Waals surface area contributed by atoms with E-state index in [1.807, 2.05) is 6.08 Å². The lowest BCUT2D eigenvalue weighted by atomic mass is 10.1. The minimum atomic E-state index is -0.945. The molecule has 2 N–H and O–H groups in total. The highest BCUT2D eigenvalue weighted by atomic mass is 32.1. The van der Waals surface area contributed by atoms with E-state index in [2.05, 4.69) is 50.1 Å². The number of hydrogen-bond acceptors (Lipinski definition) is 5. The third-order valence-corrected chi connectivity index (χ3v) is 4.69. The first kappa shape index (κ1) is 23.1. The average molecular weight is 393 g/mol. The molecule has 1 unspecified atom stereocenters. The molecule has 1 heterocycles. The second-order valence-electron chi connectivity index (χ2n) is 6.87. The topological polar surface area (TPSA) is 71.5 Å². The molecular formula is C21H32N2O3S. The molecule has 0 radical (unpaired) electrons. The van der Waals surface area contributed by atoms with E-state index in [9.17, 15) is 9.90 Å². The summed E-state index contributed by atoms with van der Waals surface area (Å²) >= 11 is 1.37. The van der Waals surface area contributed by atoms with Gasteiger partial charge in [0.05, 0.1) is 13.2 Å². The summed E-state index contributed by atoms with van der Waals surface area (Å²) < 4.78 is 5.51. The number of thiazole rings is 1. The second kappa shape index (κ2) is 13.3. The summed E-state index contributed by atoms with van der Waals surface area (Å²) in [7, 11) is 0. The number of aliphatic carboxylic acids is 1.